The van der Waals surface area contributed by atoms with E-state index >= 15 is 0 Å². The summed E-state index contributed by atoms with van der Waals surface area (Å²) in [7, 11) is 0. The molecule has 0 aromatic heterocycles. The van der Waals surface area contributed by atoms with Crippen LogP contribution < -0.4 is 5.32 Å². The van der Waals surface area contributed by atoms with Gasteiger partial charge >= 0.3 is 0 Å². The first-order chi connectivity index (χ1) is 13.0. The van der Waals surface area contributed by atoms with Gasteiger partial charge in [0.25, 0.3) is 0 Å². The Bertz CT molecular complexity index is 848. The number of halogens is 1. The van der Waals surface area contributed by atoms with Crippen molar-refractivity contribution in [1.29, 1.82) is 5.26 Å². The van der Waals surface area contributed by atoms with Gasteiger partial charge in [-0.15, -0.1) is 0 Å². The Balaban J connectivity index is 1.48. The van der Waals surface area contributed by atoms with Crippen molar-refractivity contribution in [1.82, 2.24) is 4.90 Å². The van der Waals surface area contributed by atoms with E-state index in [-0.39, 0.29) is 30.0 Å². The second-order valence-corrected chi connectivity index (χ2v) is 6.64. The monoisotopic (exact) mass is 365 g/mol. The van der Waals surface area contributed by atoms with Gasteiger partial charge in [0.15, 0.2) is 0 Å². The van der Waals surface area contributed by atoms with Crippen LogP contribution in [-0.2, 0) is 16.0 Å². The quantitative estimate of drug-likeness (QED) is 0.905. The van der Waals surface area contributed by atoms with Crippen LogP contribution in [0.1, 0.15) is 24.0 Å². The Morgan fingerprint density at radius 2 is 1.70 bits per heavy atom. The molecule has 0 atom stereocenters. The highest BCUT2D eigenvalue weighted by molar-refractivity contribution is 5.92. The van der Waals surface area contributed by atoms with Gasteiger partial charge in [-0.25, -0.2) is 4.39 Å². The number of hydrogen-bond acceptors (Lipinski definition) is 3. The maximum absolute atomic E-state index is 12.9. The van der Waals surface area contributed by atoms with E-state index in [4.69, 9.17) is 5.26 Å². The molecule has 5 nitrogen and oxygen atoms in total. The molecule has 2 aromatic carbocycles. The van der Waals surface area contributed by atoms with Crippen LogP contribution in [0.3, 0.4) is 0 Å². The Hall–Kier alpha value is -3.20. The number of carbonyl (C=O) groups excluding carboxylic acids is 2. The number of piperidine rings is 1. The van der Waals surface area contributed by atoms with Crippen LogP contribution in [0.5, 0.6) is 0 Å². The number of benzene rings is 2. The summed E-state index contributed by atoms with van der Waals surface area (Å²) in [5.41, 5.74) is 1.98. The normalized spacial score (nSPS) is 14.4. The average Bonchev–Trinajstić information content (AvgIpc) is 2.70. The predicted octanol–water partition coefficient (Wildman–Crippen LogP) is 3.12. The number of rotatable bonds is 4. The number of amides is 2. The molecule has 1 saturated heterocycles. The van der Waals surface area contributed by atoms with Gasteiger partial charge in [0.1, 0.15) is 5.82 Å². The third kappa shape index (κ3) is 4.91. The van der Waals surface area contributed by atoms with Crippen LogP contribution >= 0.6 is 0 Å². The van der Waals surface area contributed by atoms with E-state index in [1.54, 1.807) is 41.3 Å². The molecule has 1 aliphatic rings. The van der Waals surface area contributed by atoms with Gasteiger partial charge in [0.05, 0.1) is 18.1 Å². The van der Waals surface area contributed by atoms with Crippen molar-refractivity contribution in [2.75, 3.05) is 18.4 Å². The molecule has 1 heterocycles. The standard InChI is InChI=1S/C21H20FN3O2/c22-18-5-1-15(2-6-18)13-20(26)25-11-9-17(10-12-25)21(27)24-19-7-3-16(14-23)4-8-19/h1-8,17H,9-13H2,(H,24,27). The number of nitrogens with zero attached hydrogens (tertiary/aromatic N) is 2. The second kappa shape index (κ2) is 8.45. The van der Waals surface area contributed by atoms with E-state index in [2.05, 4.69) is 5.32 Å². The van der Waals surface area contributed by atoms with Gasteiger partial charge in [0, 0.05) is 24.7 Å². The lowest BCUT2D eigenvalue weighted by atomic mass is 9.95. The highest BCUT2D eigenvalue weighted by atomic mass is 19.1. The molecule has 3 rings (SSSR count). The Labute approximate surface area is 157 Å². The third-order valence-electron chi connectivity index (χ3n) is 4.77. The lowest BCUT2D eigenvalue weighted by Gasteiger charge is -2.31. The minimum Gasteiger partial charge on any atom is -0.342 e. The van der Waals surface area contributed by atoms with Gasteiger partial charge in [0.2, 0.25) is 11.8 Å². The second-order valence-electron chi connectivity index (χ2n) is 6.64. The molecule has 0 saturated carbocycles. The zero-order valence-electron chi connectivity index (χ0n) is 14.8. The van der Waals surface area contributed by atoms with Crippen molar-refractivity contribution in [2.24, 2.45) is 5.92 Å². The summed E-state index contributed by atoms with van der Waals surface area (Å²) in [6, 6.07) is 14.7. The molecule has 0 unspecified atom stereocenters. The number of nitrogens with one attached hydrogen (secondary N) is 1. The van der Waals surface area contributed by atoms with Crippen molar-refractivity contribution in [3.05, 3.63) is 65.5 Å². The van der Waals surface area contributed by atoms with Crippen LogP contribution in [-0.4, -0.2) is 29.8 Å². The molecule has 0 radical (unpaired) electrons. The van der Waals surface area contributed by atoms with Gasteiger partial charge in [-0.05, 0) is 54.8 Å². The van der Waals surface area contributed by atoms with Gasteiger partial charge < -0.3 is 10.2 Å². The molecule has 0 spiro atoms. The number of likely N-dealkylation sites (tertiary alicyclic amines) is 1. The zero-order chi connectivity index (χ0) is 19.2. The highest BCUT2D eigenvalue weighted by Crippen LogP contribution is 2.20. The third-order valence-corrected chi connectivity index (χ3v) is 4.77. The molecule has 2 aromatic rings. The summed E-state index contributed by atoms with van der Waals surface area (Å²) in [4.78, 5) is 26.6. The minimum atomic E-state index is -0.319. The van der Waals surface area contributed by atoms with Crippen LogP contribution in [0, 0.1) is 23.1 Å². The first-order valence-electron chi connectivity index (χ1n) is 8.88. The van der Waals surface area contributed by atoms with Crippen molar-refractivity contribution >= 4 is 17.5 Å². The number of anilines is 1. The predicted molar refractivity (Wildman–Crippen MR) is 99.2 cm³/mol. The van der Waals surface area contributed by atoms with Crippen molar-refractivity contribution < 1.29 is 14.0 Å². The summed E-state index contributed by atoms with van der Waals surface area (Å²) in [6.45, 7) is 1.07. The molecule has 1 fully saturated rings. The Morgan fingerprint density at radius 3 is 2.30 bits per heavy atom. The lowest BCUT2D eigenvalue weighted by molar-refractivity contribution is -0.133. The summed E-state index contributed by atoms with van der Waals surface area (Å²) in [5, 5.41) is 11.7. The summed E-state index contributed by atoms with van der Waals surface area (Å²) < 4.78 is 12.9. The van der Waals surface area contributed by atoms with Gasteiger partial charge in [-0.1, -0.05) is 12.1 Å². The smallest absolute Gasteiger partial charge is 0.227 e. The molecule has 1 aliphatic heterocycles. The van der Waals surface area contributed by atoms with Crippen molar-refractivity contribution in [2.45, 2.75) is 19.3 Å². The molecule has 0 bridgehead atoms. The fraction of sp³-hybridized carbons (Fsp3) is 0.286. The van der Waals surface area contributed by atoms with E-state index in [0.29, 0.717) is 37.2 Å². The molecule has 27 heavy (non-hydrogen) atoms. The Kier molecular flexibility index (Phi) is 5.82. The Morgan fingerprint density at radius 1 is 1.07 bits per heavy atom. The number of hydrogen-bond donors (Lipinski definition) is 1. The molecular weight excluding hydrogens is 345 g/mol. The van der Waals surface area contributed by atoms with Crippen LogP contribution in [0.2, 0.25) is 0 Å². The van der Waals surface area contributed by atoms with Crippen LogP contribution in [0.15, 0.2) is 48.5 Å². The van der Waals surface area contributed by atoms with Gasteiger partial charge in [-0.3, -0.25) is 9.59 Å². The van der Waals surface area contributed by atoms with E-state index < -0.39 is 0 Å². The molecular formula is C21H20FN3O2. The summed E-state index contributed by atoms with van der Waals surface area (Å²) >= 11 is 0. The average molecular weight is 365 g/mol. The maximum Gasteiger partial charge on any atom is 0.227 e. The molecule has 138 valence electrons. The van der Waals surface area contributed by atoms with E-state index in [1.807, 2.05) is 6.07 Å². The number of nitriles is 1. The van der Waals surface area contributed by atoms with E-state index in [1.165, 1.54) is 12.1 Å². The van der Waals surface area contributed by atoms with Crippen LogP contribution in [0.25, 0.3) is 0 Å². The zero-order valence-corrected chi connectivity index (χ0v) is 14.8. The first kappa shape index (κ1) is 18.6. The van der Waals surface area contributed by atoms with Crippen molar-refractivity contribution in [3.63, 3.8) is 0 Å². The molecule has 1 N–H and O–H groups in total. The maximum atomic E-state index is 12.9. The SMILES string of the molecule is N#Cc1ccc(NC(=O)C2CCN(C(=O)Cc3ccc(F)cc3)CC2)cc1. The van der Waals surface area contributed by atoms with E-state index in [0.717, 1.165) is 5.56 Å². The number of carbonyl (C=O) groups is 2. The lowest BCUT2D eigenvalue weighted by Crippen LogP contribution is -2.42. The minimum absolute atomic E-state index is 0.00689. The van der Waals surface area contributed by atoms with Gasteiger partial charge in [-0.2, -0.15) is 5.26 Å². The van der Waals surface area contributed by atoms with Crippen LogP contribution in [0.4, 0.5) is 10.1 Å². The van der Waals surface area contributed by atoms with E-state index in [9.17, 15) is 14.0 Å². The van der Waals surface area contributed by atoms with Crippen molar-refractivity contribution in [3.8, 4) is 6.07 Å². The largest absolute Gasteiger partial charge is 0.342 e. The fourth-order valence-corrected chi connectivity index (χ4v) is 3.15. The topological polar surface area (TPSA) is 73.2 Å². The summed E-state index contributed by atoms with van der Waals surface area (Å²) in [5.74, 6) is -0.534. The first-order valence-corrected chi connectivity index (χ1v) is 8.88. The summed E-state index contributed by atoms with van der Waals surface area (Å²) in [6.07, 6.45) is 1.46. The molecule has 0 aliphatic carbocycles. The molecule has 2 amide bonds. The highest BCUT2D eigenvalue weighted by Gasteiger charge is 2.27. The fourth-order valence-electron chi connectivity index (χ4n) is 3.15. The molecule has 6 heteroatoms.